The second-order valence-electron chi connectivity index (χ2n) is 5.96. The molecule has 0 aliphatic heterocycles. The van der Waals surface area contributed by atoms with Crippen LogP contribution in [0.1, 0.15) is 18.9 Å². The van der Waals surface area contributed by atoms with Crippen LogP contribution >= 0.6 is 23.6 Å². The summed E-state index contributed by atoms with van der Waals surface area (Å²) in [5.41, 5.74) is 2.43. The molecule has 0 saturated heterocycles. The summed E-state index contributed by atoms with van der Waals surface area (Å²) in [6.07, 6.45) is -0.0606. The lowest BCUT2D eigenvalue weighted by atomic mass is 10.1. The van der Waals surface area contributed by atoms with Gasteiger partial charge in [0.05, 0.1) is 12.1 Å². The molecule has 3 aromatic rings. The quantitative estimate of drug-likeness (QED) is 0.642. The van der Waals surface area contributed by atoms with Crippen molar-refractivity contribution in [2.24, 2.45) is 0 Å². The van der Waals surface area contributed by atoms with E-state index in [-0.39, 0.29) is 23.7 Å². The van der Waals surface area contributed by atoms with Crippen molar-refractivity contribution in [3.63, 3.8) is 0 Å². The third-order valence-electron chi connectivity index (χ3n) is 3.70. The molecule has 0 radical (unpaired) electrons. The van der Waals surface area contributed by atoms with Crippen LogP contribution < -0.4 is 10.9 Å². The number of hydrogen-bond donors (Lipinski definition) is 1. The monoisotopic (exact) mass is 419 g/mol. The lowest BCUT2D eigenvalue weighted by molar-refractivity contribution is -0.124. The number of nitrogens with zero attached hydrogens (tertiary/aromatic N) is 2. The number of carbonyl (C=O) groups is 2. The first-order valence-corrected chi connectivity index (χ1v) is 9.05. The largest absolute Gasteiger partial charge is 0.326 e. The minimum atomic E-state index is -0.300. The second kappa shape index (κ2) is 9.92. The van der Waals surface area contributed by atoms with E-state index in [9.17, 15) is 14.4 Å². The molecule has 1 amide bonds. The number of anilines is 1. The zero-order chi connectivity index (χ0) is 20.7. The number of rotatable bonds is 4. The maximum absolute atomic E-state index is 11.5. The van der Waals surface area contributed by atoms with Gasteiger partial charge >= 0.3 is 0 Å². The number of aromatic nitrogens is 2. The Morgan fingerprint density at radius 1 is 0.929 bits per heavy atom. The highest BCUT2D eigenvalue weighted by Crippen LogP contribution is 2.22. The molecular weight excluding hydrogens is 401 g/mol. The first-order valence-electron chi connectivity index (χ1n) is 8.38. The van der Waals surface area contributed by atoms with Crippen molar-refractivity contribution in [2.45, 2.75) is 20.3 Å². The van der Waals surface area contributed by atoms with E-state index in [0.29, 0.717) is 16.9 Å². The van der Waals surface area contributed by atoms with Crippen LogP contribution in [0, 0.1) is 6.92 Å². The molecule has 0 unspecified atom stereocenters. The molecule has 0 aliphatic carbocycles. The summed E-state index contributed by atoms with van der Waals surface area (Å²) >= 11 is 11.6. The van der Waals surface area contributed by atoms with Crippen LogP contribution in [0.5, 0.6) is 0 Å². The summed E-state index contributed by atoms with van der Waals surface area (Å²) in [5.74, 6) is -0.396. The minimum Gasteiger partial charge on any atom is -0.326 e. The van der Waals surface area contributed by atoms with E-state index in [0.717, 1.165) is 14.0 Å². The van der Waals surface area contributed by atoms with Gasteiger partial charge in [0.15, 0.2) is 0 Å². The fourth-order valence-corrected chi connectivity index (χ4v) is 2.91. The predicted molar refractivity (Wildman–Crippen MR) is 112 cm³/mol. The lowest BCUT2D eigenvalue weighted by Gasteiger charge is -2.01. The average molecular weight is 420 g/mol. The van der Waals surface area contributed by atoms with Gasteiger partial charge in [-0.2, -0.15) is 4.20 Å². The number of nitrogens with one attached hydrogen (secondary N) is 1. The maximum atomic E-state index is 11.5. The van der Waals surface area contributed by atoms with Crippen LogP contribution in [0.4, 0.5) is 5.69 Å². The summed E-state index contributed by atoms with van der Waals surface area (Å²) < 4.78 is 1.98. The summed E-state index contributed by atoms with van der Waals surface area (Å²) in [7, 11) is 0. The third-order valence-corrected chi connectivity index (χ3v) is 4.40. The fourth-order valence-electron chi connectivity index (χ4n) is 2.42. The van der Waals surface area contributed by atoms with Gasteiger partial charge in [-0.3, -0.25) is 14.4 Å². The molecule has 1 heterocycles. The van der Waals surface area contributed by atoms with Crippen molar-refractivity contribution in [2.75, 3.05) is 5.32 Å². The van der Waals surface area contributed by atoms with E-state index in [1.54, 1.807) is 19.1 Å². The highest BCUT2D eigenvalue weighted by Gasteiger charge is 2.15. The van der Waals surface area contributed by atoms with Crippen molar-refractivity contribution in [3.05, 3.63) is 76.6 Å². The molecule has 6 nitrogen and oxygen atoms in total. The van der Waals surface area contributed by atoms with Crippen LogP contribution in [0.25, 0.3) is 11.3 Å². The predicted octanol–water partition coefficient (Wildman–Crippen LogP) is 4.23. The van der Waals surface area contributed by atoms with Gasteiger partial charge in [-0.1, -0.05) is 48.5 Å². The van der Waals surface area contributed by atoms with Gasteiger partial charge in [0, 0.05) is 40.4 Å². The fraction of sp³-hybridized carbons (Fsp3) is 0.150. The molecule has 0 saturated carbocycles. The van der Waals surface area contributed by atoms with Gasteiger partial charge < -0.3 is 5.32 Å². The zero-order valence-corrected chi connectivity index (χ0v) is 16.9. The van der Waals surface area contributed by atoms with Crippen molar-refractivity contribution < 1.29 is 9.59 Å². The van der Waals surface area contributed by atoms with Crippen molar-refractivity contribution in [1.82, 2.24) is 8.40 Å². The number of carbonyl (C=O) groups excluding carboxylic acids is 2. The summed E-state index contributed by atoms with van der Waals surface area (Å²) in [6, 6.07) is 18.5. The van der Waals surface area contributed by atoms with E-state index in [4.69, 9.17) is 23.6 Å². The summed E-state index contributed by atoms with van der Waals surface area (Å²) in [4.78, 5) is 33.2. The molecule has 146 valence electrons. The molecular formula is C20H19Cl2N3O3. The van der Waals surface area contributed by atoms with Crippen LogP contribution in [0.2, 0.25) is 0 Å². The number of amides is 1. The maximum Gasteiger partial charge on any atom is 0.286 e. The number of ketones is 1. The van der Waals surface area contributed by atoms with Gasteiger partial charge in [-0.05, 0) is 26.0 Å². The molecule has 1 aromatic heterocycles. The Morgan fingerprint density at radius 2 is 1.46 bits per heavy atom. The molecule has 0 atom stereocenters. The molecule has 2 aromatic carbocycles. The molecule has 0 bridgehead atoms. The van der Waals surface area contributed by atoms with E-state index in [1.807, 2.05) is 48.5 Å². The Bertz CT molecular complexity index is 1010. The summed E-state index contributed by atoms with van der Waals surface area (Å²) in [6.45, 7) is 3.09. The Morgan fingerprint density at radius 3 is 1.93 bits per heavy atom. The smallest absolute Gasteiger partial charge is 0.286 e. The van der Waals surface area contributed by atoms with Crippen LogP contribution in [0.3, 0.4) is 0 Å². The van der Waals surface area contributed by atoms with Gasteiger partial charge in [0.2, 0.25) is 5.91 Å². The Hall–Kier alpha value is -2.83. The summed E-state index contributed by atoms with van der Waals surface area (Å²) in [5, 5.41) is 2.61. The van der Waals surface area contributed by atoms with Crippen molar-refractivity contribution in [3.8, 4) is 11.3 Å². The molecule has 3 rings (SSSR count). The third kappa shape index (κ3) is 5.58. The van der Waals surface area contributed by atoms with Gasteiger partial charge in [0.1, 0.15) is 5.78 Å². The number of benzene rings is 2. The highest BCUT2D eigenvalue weighted by atomic mass is 35.5. The van der Waals surface area contributed by atoms with E-state index in [2.05, 4.69) is 5.32 Å². The highest BCUT2D eigenvalue weighted by molar-refractivity contribution is 6.22. The standard InChI is InChI=1S/C10H8Cl2N2O.C10H11NO2/c1-7-9(8-5-3-2-4-6-8)13(11)14(12)10(7)15;1-8(12)7-10(13)11-9-5-3-2-4-6-9/h2-6H,1H3;2-6H,7H2,1H3,(H,11,13). The van der Waals surface area contributed by atoms with Crippen LogP contribution in [-0.4, -0.2) is 20.1 Å². The van der Waals surface area contributed by atoms with E-state index in [1.165, 1.54) is 6.92 Å². The zero-order valence-electron chi connectivity index (χ0n) is 15.4. The van der Waals surface area contributed by atoms with Crippen molar-refractivity contribution in [1.29, 1.82) is 0 Å². The average Bonchev–Trinajstić information content (AvgIpc) is 2.86. The Labute approximate surface area is 172 Å². The molecule has 0 fully saturated rings. The number of hydrogen-bond acceptors (Lipinski definition) is 3. The first kappa shape index (κ1) is 21.5. The lowest BCUT2D eigenvalue weighted by Crippen LogP contribution is -2.14. The Balaban J connectivity index is 0.000000203. The SMILES string of the molecule is CC(=O)CC(=O)Nc1ccccc1.Cc1c(-c2ccccc2)n(Cl)n(Cl)c1=O. The normalized spacial score (nSPS) is 10.0. The van der Waals surface area contributed by atoms with Gasteiger partial charge in [0.25, 0.3) is 5.56 Å². The number of halogens is 2. The number of para-hydroxylation sites is 1. The molecule has 8 heteroatoms. The van der Waals surface area contributed by atoms with Gasteiger partial charge in [-0.15, -0.1) is 4.20 Å². The second-order valence-corrected chi connectivity index (χ2v) is 6.60. The molecule has 0 spiro atoms. The first-order chi connectivity index (χ1) is 13.3. The topological polar surface area (TPSA) is 73.1 Å². The van der Waals surface area contributed by atoms with Gasteiger partial charge in [-0.25, -0.2) is 0 Å². The molecule has 0 aliphatic rings. The van der Waals surface area contributed by atoms with E-state index >= 15 is 0 Å². The number of Topliss-reactive ketones (excluding diaryl/α,β-unsaturated/α-hetero) is 1. The molecule has 1 N–H and O–H groups in total. The minimum absolute atomic E-state index is 0.0606. The van der Waals surface area contributed by atoms with Crippen LogP contribution in [0.15, 0.2) is 65.5 Å². The molecule has 28 heavy (non-hydrogen) atoms. The van der Waals surface area contributed by atoms with E-state index < -0.39 is 0 Å². The van der Waals surface area contributed by atoms with Crippen molar-refractivity contribution >= 4 is 40.9 Å². The Kier molecular flexibility index (Phi) is 7.61. The van der Waals surface area contributed by atoms with Crippen LogP contribution in [-0.2, 0) is 9.59 Å².